The maximum atomic E-state index is 13.6. The number of benzene rings is 1. The van der Waals surface area contributed by atoms with E-state index in [0.717, 1.165) is 19.3 Å². The summed E-state index contributed by atoms with van der Waals surface area (Å²) in [7, 11) is 1.46. The van der Waals surface area contributed by atoms with Crippen LogP contribution in [0, 0.1) is 5.82 Å². The molecule has 5 heteroatoms. The number of amides is 1. The van der Waals surface area contributed by atoms with Crippen LogP contribution in [0.15, 0.2) is 24.3 Å². The third kappa shape index (κ3) is 8.66. The highest BCUT2D eigenvalue weighted by atomic mass is 19.1. The Morgan fingerprint density at radius 2 is 1.60 bits per heavy atom. The molecule has 0 unspecified atom stereocenters. The molecule has 0 fully saturated rings. The molecule has 0 N–H and O–H groups in total. The molecular formula is C20H30FNO3. The Morgan fingerprint density at radius 3 is 2.24 bits per heavy atom. The number of rotatable bonds is 12. The van der Waals surface area contributed by atoms with Crippen molar-refractivity contribution in [1.82, 2.24) is 4.90 Å². The first-order valence-electron chi connectivity index (χ1n) is 9.22. The Labute approximate surface area is 150 Å². The highest BCUT2D eigenvalue weighted by molar-refractivity contribution is 5.96. The van der Waals surface area contributed by atoms with Crippen molar-refractivity contribution in [2.24, 2.45) is 0 Å². The zero-order valence-electron chi connectivity index (χ0n) is 15.4. The summed E-state index contributed by atoms with van der Waals surface area (Å²) < 4.78 is 18.7. The lowest BCUT2D eigenvalue weighted by molar-refractivity contribution is -0.144. The van der Waals surface area contributed by atoms with Gasteiger partial charge in [-0.3, -0.25) is 9.59 Å². The molecule has 0 aromatic heterocycles. The molecule has 1 amide bonds. The van der Waals surface area contributed by atoms with Gasteiger partial charge in [-0.2, -0.15) is 0 Å². The van der Waals surface area contributed by atoms with E-state index in [-0.39, 0.29) is 12.1 Å². The monoisotopic (exact) mass is 351 g/mol. The molecule has 0 heterocycles. The number of unbranched alkanes of at least 4 members (excludes halogenated alkanes) is 7. The summed E-state index contributed by atoms with van der Waals surface area (Å²) in [5, 5.41) is 0. The van der Waals surface area contributed by atoms with Crippen molar-refractivity contribution in [2.45, 2.75) is 58.3 Å². The number of nitrogens with zero attached hydrogens (tertiary/aromatic N) is 1. The van der Waals surface area contributed by atoms with Crippen molar-refractivity contribution in [3.8, 4) is 0 Å². The number of esters is 1. The van der Waals surface area contributed by atoms with Gasteiger partial charge in [0.15, 0.2) is 0 Å². The number of carbonyl (C=O) groups is 2. The van der Waals surface area contributed by atoms with Crippen LogP contribution in [-0.2, 0) is 9.53 Å². The van der Waals surface area contributed by atoms with Gasteiger partial charge >= 0.3 is 5.97 Å². The molecule has 0 saturated carbocycles. The molecule has 0 aliphatic rings. The number of hydrogen-bond donors (Lipinski definition) is 0. The van der Waals surface area contributed by atoms with Gasteiger partial charge in [0.2, 0.25) is 0 Å². The molecule has 1 aromatic rings. The van der Waals surface area contributed by atoms with Crippen LogP contribution in [-0.4, -0.2) is 37.0 Å². The van der Waals surface area contributed by atoms with Crippen LogP contribution in [0.3, 0.4) is 0 Å². The maximum absolute atomic E-state index is 13.6. The fourth-order valence-corrected chi connectivity index (χ4v) is 2.57. The number of hydrogen-bond acceptors (Lipinski definition) is 3. The molecule has 0 spiro atoms. The van der Waals surface area contributed by atoms with Crippen molar-refractivity contribution >= 4 is 11.9 Å². The molecule has 0 atom stereocenters. The van der Waals surface area contributed by atoms with E-state index < -0.39 is 17.7 Å². The van der Waals surface area contributed by atoms with Crippen molar-refractivity contribution in [3.63, 3.8) is 0 Å². The largest absolute Gasteiger partial charge is 0.464 e. The van der Waals surface area contributed by atoms with Gasteiger partial charge in [0.25, 0.3) is 5.91 Å². The first-order chi connectivity index (χ1) is 12.1. The first kappa shape index (κ1) is 21.1. The number of carbonyl (C=O) groups excluding carboxylic acids is 2. The van der Waals surface area contributed by atoms with E-state index in [0.29, 0.717) is 6.61 Å². The Bertz CT molecular complexity index is 533. The third-order valence-electron chi connectivity index (χ3n) is 4.08. The van der Waals surface area contributed by atoms with E-state index in [1.165, 1.54) is 62.3 Å². The van der Waals surface area contributed by atoms with E-state index >= 15 is 0 Å². The second-order valence-electron chi connectivity index (χ2n) is 6.34. The van der Waals surface area contributed by atoms with Crippen LogP contribution in [0.25, 0.3) is 0 Å². The average molecular weight is 351 g/mol. The molecule has 1 aromatic carbocycles. The van der Waals surface area contributed by atoms with E-state index in [2.05, 4.69) is 6.92 Å². The van der Waals surface area contributed by atoms with E-state index in [1.54, 1.807) is 6.07 Å². The van der Waals surface area contributed by atoms with Crippen molar-refractivity contribution in [1.29, 1.82) is 0 Å². The number of halogens is 1. The van der Waals surface area contributed by atoms with Gasteiger partial charge in [-0.15, -0.1) is 0 Å². The van der Waals surface area contributed by atoms with Gasteiger partial charge < -0.3 is 9.64 Å². The van der Waals surface area contributed by atoms with Crippen LogP contribution in [0.1, 0.15) is 68.6 Å². The Hall–Kier alpha value is -1.91. The van der Waals surface area contributed by atoms with E-state index in [4.69, 9.17) is 4.74 Å². The molecule has 0 radical (unpaired) electrons. The Balaban J connectivity index is 2.15. The van der Waals surface area contributed by atoms with Gasteiger partial charge in [0.05, 0.1) is 12.2 Å². The fourth-order valence-electron chi connectivity index (χ4n) is 2.57. The average Bonchev–Trinajstić information content (AvgIpc) is 2.60. The van der Waals surface area contributed by atoms with E-state index in [1.807, 2.05) is 0 Å². The fraction of sp³-hybridized carbons (Fsp3) is 0.600. The highest BCUT2D eigenvalue weighted by Gasteiger charge is 2.18. The first-order valence-corrected chi connectivity index (χ1v) is 9.22. The van der Waals surface area contributed by atoms with E-state index in [9.17, 15) is 14.0 Å². The number of ether oxygens (including phenoxy) is 1. The van der Waals surface area contributed by atoms with Gasteiger partial charge in [-0.05, 0) is 18.6 Å². The molecule has 4 nitrogen and oxygen atoms in total. The molecule has 0 saturated heterocycles. The van der Waals surface area contributed by atoms with Gasteiger partial charge in [0.1, 0.15) is 12.4 Å². The third-order valence-corrected chi connectivity index (χ3v) is 4.08. The smallest absolute Gasteiger partial charge is 0.325 e. The van der Waals surface area contributed by atoms with Crippen LogP contribution in [0.5, 0.6) is 0 Å². The van der Waals surface area contributed by atoms with Crippen molar-refractivity contribution < 1.29 is 18.7 Å². The summed E-state index contributed by atoms with van der Waals surface area (Å²) in [6.45, 7) is 2.40. The van der Waals surface area contributed by atoms with Crippen LogP contribution in [0.4, 0.5) is 4.39 Å². The normalized spacial score (nSPS) is 10.5. The molecule has 140 valence electrons. The lowest BCUT2D eigenvalue weighted by Crippen LogP contribution is -2.33. The predicted molar refractivity (Wildman–Crippen MR) is 96.9 cm³/mol. The van der Waals surface area contributed by atoms with Gasteiger partial charge in [-0.1, -0.05) is 64.0 Å². The van der Waals surface area contributed by atoms with Crippen LogP contribution >= 0.6 is 0 Å². The topological polar surface area (TPSA) is 46.6 Å². The molecule has 0 bridgehead atoms. The second-order valence-corrected chi connectivity index (χ2v) is 6.34. The van der Waals surface area contributed by atoms with Crippen molar-refractivity contribution in [3.05, 3.63) is 35.6 Å². The molecule has 25 heavy (non-hydrogen) atoms. The maximum Gasteiger partial charge on any atom is 0.325 e. The van der Waals surface area contributed by atoms with Crippen LogP contribution in [0.2, 0.25) is 0 Å². The summed E-state index contributed by atoms with van der Waals surface area (Å²) in [5.41, 5.74) is -0.0409. The SMILES string of the molecule is CCCCCCCCCCOC(=O)CN(C)C(=O)c1ccccc1F. The lowest BCUT2D eigenvalue weighted by Gasteiger charge is -2.16. The molecule has 0 aliphatic heterocycles. The quantitative estimate of drug-likeness (QED) is 0.409. The minimum atomic E-state index is -0.591. The Kier molecular flexibility index (Phi) is 10.5. The summed E-state index contributed by atoms with van der Waals surface area (Å²) in [6, 6.07) is 5.73. The van der Waals surface area contributed by atoms with Gasteiger partial charge in [0, 0.05) is 7.05 Å². The minimum absolute atomic E-state index is 0.0409. The standard InChI is InChI=1S/C20H30FNO3/c1-3-4-5-6-7-8-9-12-15-25-19(23)16-22(2)20(24)17-13-10-11-14-18(17)21/h10-11,13-14H,3-9,12,15-16H2,1-2H3. The zero-order valence-corrected chi connectivity index (χ0v) is 15.4. The summed E-state index contributed by atoms with van der Waals surface area (Å²) in [4.78, 5) is 25.0. The van der Waals surface area contributed by atoms with Gasteiger partial charge in [-0.25, -0.2) is 4.39 Å². The zero-order chi connectivity index (χ0) is 18.5. The summed E-state index contributed by atoms with van der Waals surface area (Å²) in [6.07, 6.45) is 9.40. The summed E-state index contributed by atoms with van der Waals surface area (Å²) >= 11 is 0. The number of likely N-dealkylation sites (N-methyl/N-ethyl adjacent to an activating group) is 1. The minimum Gasteiger partial charge on any atom is -0.464 e. The highest BCUT2D eigenvalue weighted by Crippen LogP contribution is 2.10. The summed E-state index contributed by atoms with van der Waals surface area (Å²) in [5.74, 6) is -1.58. The Morgan fingerprint density at radius 1 is 1.00 bits per heavy atom. The van der Waals surface area contributed by atoms with Crippen LogP contribution < -0.4 is 0 Å². The lowest BCUT2D eigenvalue weighted by atomic mass is 10.1. The molecular weight excluding hydrogens is 321 g/mol. The second kappa shape index (κ2) is 12.5. The predicted octanol–water partition coefficient (Wildman–Crippen LogP) is 4.58. The molecule has 0 aliphatic carbocycles. The molecule has 1 rings (SSSR count). The van der Waals surface area contributed by atoms with Crippen molar-refractivity contribution in [2.75, 3.05) is 20.2 Å².